The number of benzene rings is 9. The van der Waals surface area contributed by atoms with Crippen LogP contribution < -0.4 is 4.90 Å². The van der Waals surface area contributed by atoms with E-state index in [9.17, 15) is 0 Å². The summed E-state index contributed by atoms with van der Waals surface area (Å²) in [5, 5.41) is 7.20. The Bertz CT molecular complexity index is 3160. The molecule has 0 bridgehead atoms. The third kappa shape index (κ3) is 5.20. The van der Waals surface area contributed by atoms with Crippen molar-refractivity contribution in [3.8, 4) is 27.9 Å². The Morgan fingerprint density at radius 2 is 0.927 bits per heavy atom. The topological polar surface area (TPSA) is 21.3 Å². The average molecular weight is 703 g/mol. The van der Waals surface area contributed by atoms with E-state index >= 15 is 0 Å². The van der Waals surface area contributed by atoms with E-state index in [0.717, 1.165) is 61.4 Å². The second-order valence-corrected chi connectivity index (χ2v) is 14.2. The summed E-state index contributed by atoms with van der Waals surface area (Å²) in [7, 11) is 0. The van der Waals surface area contributed by atoms with Gasteiger partial charge in [0.15, 0.2) is 0 Å². The Kier molecular flexibility index (Phi) is 7.17. The summed E-state index contributed by atoms with van der Waals surface area (Å²) in [6.07, 6.45) is 0. The van der Waals surface area contributed by atoms with Gasteiger partial charge in [-0.1, -0.05) is 133 Å². The molecule has 3 nitrogen and oxygen atoms in total. The summed E-state index contributed by atoms with van der Waals surface area (Å²) in [4.78, 5) is 2.39. The summed E-state index contributed by atoms with van der Waals surface area (Å²) >= 11 is 0. The summed E-state index contributed by atoms with van der Waals surface area (Å²) < 4.78 is 8.61. The number of para-hydroxylation sites is 3. The first-order valence-electron chi connectivity index (χ1n) is 18.8. The van der Waals surface area contributed by atoms with Gasteiger partial charge in [0.2, 0.25) is 0 Å². The van der Waals surface area contributed by atoms with Gasteiger partial charge >= 0.3 is 0 Å². The summed E-state index contributed by atoms with van der Waals surface area (Å²) in [6, 6.07) is 74.0. The zero-order valence-electron chi connectivity index (χ0n) is 29.9. The number of fused-ring (bicyclic) bond motifs is 7. The molecular formula is C52H34N2O. The van der Waals surface area contributed by atoms with Crippen molar-refractivity contribution >= 4 is 71.6 Å². The highest BCUT2D eigenvalue weighted by Crippen LogP contribution is 2.42. The Hall–Kier alpha value is -7.36. The molecule has 0 aliphatic rings. The van der Waals surface area contributed by atoms with Crippen molar-refractivity contribution in [1.82, 2.24) is 4.57 Å². The van der Waals surface area contributed by atoms with Crippen LogP contribution in [0.3, 0.4) is 0 Å². The van der Waals surface area contributed by atoms with Crippen LogP contribution in [-0.2, 0) is 0 Å². The van der Waals surface area contributed by atoms with E-state index < -0.39 is 0 Å². The highest BCUT2D eigenvalue weighted by atomic mass is 16.3. The molecule has 0 amide bonds. The molecule has 0 aliphatic carbocycles. The van der Waals surface area contributed by atoms with Crippen LogP contribution in [0.1, 0.15) is 0 Å². The zero-order chi connectivity index (χ0) is 36.3. The Labute approximate surface area is 318 Å². The van der Waals surface area contributed by atoms with Crippen LogP contribution in [0, 0.1) is 0 Å². The molecule has 0 spiro atoms. The molecule has 55 heavy (non-hydrogen) atoms. The summed E-state index contributed by atoms with van der Waals surface area (Å²) in [6.45, 7) is 0. The predicted molar refractivity (Wildman–Crippen MR) is 231 cm³/mol. The lowest BCUT2D eigenvalue weighted by Crippen LogP contribution is -2.11. The second-order valence-electron chi connectivity index (χ2n) is 14.2. The largest absolute Gasteiger partial charge is 0.456 e. The van der Waals surface area contributed by atoms with Crippen LogP contribution in [0.15, 0.2) is 211 Å². The number of anilines is 3. The molecule has 9 aromatic carbocycles. The van der Waals surface area contributed by atoms with E-state index in [-0.39, 0.29) is 0 Å². The summed E-state index contributed by atoms with van der Waals surface area (Å²) in [5.74, 6) is 0. The number of rotatable bonds is 6. The molecule has 11 rings (SSSR count). The van der Waals surface area contributed by atoms with Gasteiger partial charge in [-0.25, -0.2) is 0 Å². The normalized spacial score (nSPS) is 11.6. The number of furan rings is 1. The van der Waals surface area contributed by atoms with Crippen LogP contribution in [0.25, 0.3) is 82.5 Å². The van der Waals surface area contributed by atoms with Gasteiger partial charge in [-0.15, -0.1) is 0 Å². The maximum absolute atomic E-state index is 6.22. The molecule has 0 aliphatic heterocycles. The van der Waals surface area contributed by atoms with Crippen molar-refractivity contribution in [3.63, 3.8) is 0 Å². The molecular weight excluding hydrogens is 669 g/mol. The Balaban J connectivity index is 1.01. The number of hydrogen-bond acceptors (Lipinski definition) is 2. The zero-order valence-corrected chi connectivity index (χ0v) is 29.9. The molecule has 11 aromatic rings. The van der Waals surface area contributed by atoms with Crippen molar-refractivity contribution in [2.45, 2.75) is 0 Å². The predicted octanol–water partition coefficient (Wildman–Crippen LogP) is 14.6. The molecule has 2 heterocycles. The molecule has 2 aromatic heterocycles. The van der Waals surface area contributed by atoms with Crippen molar-refractivity contribution in [1.29, 1.82) is 0 Å². The van der Waals surface area contributed by atoms with E-state index in [0.29, 0.717) is 0 Å². The van der Waals surface area contributed by atoms with Gasteiger partial charge in [0, 0.05) is 44.0 Å². The van der Waals surface area contributed by atoms with Gasteiger partial charge in [-0.3, -0.25) is 0 Å². The minimum Gasteiger partial charge on any atom is -0.456 e. The first kappa shape index (κ1) is 31.2. The van der Waals surface area contributed by atoms with E-state index in [1.54, 1.807) is 0 Å². The van der Waals surface area contributed by atoms with Crippen molar-refractivity contribution in [2.75, 3.05) is 4.90 Å². The fourth-order valence-corrected chi connectivity index (χ4v) is 8.39. The smallest absolute Gasteiger partial charge is 0.136 e. The van der Waals surface area contributed by atoms with Crippen LogP contribution >= 0.6 is 0 Å². The lowest BCUT2D eigenvalue weighted by Gasteiger charge is -2.27. The molecule has 0 saturated heterocycles. The van der Waals surface area contributed by atoms with Gasteiger partial charge in [0.05, 0.1) is 16.7 Å². The van der Waals surface area contributed by atoms with Gasteiger partial charge in [-0.2, -0.15) is 0 Å². The third-order valence-corrected chi connectivity index (χ3v) is 11.0. The number of nitrogens with zero attached hydrogens (tertiary/aromatic N) is 2. The average Bonchev–Trinajstić information content (AvgIpc) is 3.80. The van der Waals surface area contributed by atoms with Crippen molar-refractivity contribution in [3.05, 3.63) is 206 Å². The van der Waals surface area contributed by atoms with Gasteiger partial charge < -0.3 is 13.9 Å². The third-order valence-electron chi connectivity index (χ3n) is 11.0. The van der Waals surface area contributed by atoms with Crippen LogP contribution in [-0.4, -0.2) is 4.57 Å². The van der Waals surface area contributed by atoms with Crippen LogP contribution in [0.4, 0.5) is 17.1 Å². The number of hydrogen-bond donors (Lipinski definition) is 0. The highest BCUT2D eigenvalue weighted by molar-refractivity contribution is 6.09. The minimum absolute atomic E-state index is 0.907. The van der Waals surface area contributed by atoms with Crippen LogP contribution in [0.2, 0.25) is 0 Å². The second kappa shape index (κ2) is 12.6. The Morgan fingerprint density at radius 1 is 0.345 bits per heavy atom. The minimum atomic E-state index is 0.907. The van der Waals surface area contributed by atoms with Gasteiger partial charge in [-0.05, 0) is 100 Å². The summed E-state index contributed by atoms with van der Waals surface area (Å²) in [5.41, 5.74) is 13.3. The van der Waals surface area contributed by atoms with Crippen LogP contribution in [0.5, 0.6) is 0 Å². The standard InChI is InChI=1S/C52H34N2O/c1-2-18-43-36(12-1)13-10-24-48(43)53(41-16-11-17-42(34-41)54-49-22-6-3-19-44(49)45-20-4-7-23-50(45)54)40-29-26-35(27-30-40)37-14-9-15-38(32-37)39-28-31-47-46-21-5-8-25-51(46)55-52(47)33-39/h1-34H. The van der Waals surface area contributed by atoms with E-state index in [4.69, 9.17) is 4.42 Å². The molecule has 0 N–H and O–H groups in total. The maximum atomic E-state index is 6.22. The van der Waals surface area contributed by atoms with Crippen molar-refractivity contribution < 1.29 is 4.42 Å². The fourth-order valence-electron chi connectivity index (χ4n) is 8.39. The quantitative estimate of drug-likeness (QED) is 0.172. The molecule has 258 valence electrons. The lowest BCUT2D eigenvalue weighted by molar-refractivity contribution is 0.669. The fraction of sp³-hybridized carbons (Fsp3) is 0. The van der Waals surface area contributed by atoms with E-state index in [1.807, 2.05) is 12.1 Å². The van der Waals surface area contributed by atoms with Gasteiger partial charge in [0.25, 0.3) is 0 Å². The van der Waals surface area contributed by atoms with Gasteiger partial charge in [0.1, 0.15) is 11.2 Å². The first-order chi connectivity index (χ1) is 27.3. The maximum Gasteiger partial charge on any atom is 0.136 e. The molecule has 0 saturated carbocycles. The molecule has 0 unspecified atom stereocenters. The number of aromatic nitrogens is 1. The van der Waals surface area contributed by atoms with Crippen molar-refractivity contribution in [2.24, 2.45) is 0 Å². The lowest BCUT2D eigenvalue weighted by atomic mass is 9.98. The molecule has 0 fully saturated rings. The molecule has 0 radical (unpaired) electrons. The Morgan fingerprint density at radius 3 is 1.73 bits per heavy atom. The monoisotopic (exact) mass is 702 g/mol. The van der Waals surface area contributed by atoms with E-state index in [2.05, 4.69) is 204 Å². The SMILES string of the molecule is c1cc(-c2ccc(N(c3cccc(-n4c5ccccc5c5ccccc54)c3)c3cccc4ccccc34)cc2)cc(-c2ccc3c(c2)oc2ccccc23)c1. The first-order valence-corrected chi connectivity index (χ1v) is 18.8. The van der Waals surface area contributed by atoms with E-state index in [1.165, 1.54) is 38.1 Å². The molecule has 3 heteroatoms. The molecule has 0 atom stereocenters. The highest BCUT2D eigenvalue weighted by Gasteiger charge is 2.18.